The molecule has 0 aliphatic carbocycles. The van der Waals surface area contributed by atoms with E-state index in [1.165, 1.54) is 17.3 Å². The van der Waals surface area contributed by atoms with Gasteiger partial charge < -0.3 is 14.5 Å². The van der Waals surface area contributed by atoms with Crippen molar-refractivity contribution < 1.29 is 4.79 Å². The van der Waals surface area contributed by atoms with Gasteiger partial charge in [-0.2, -0.15) is 0 Å². The van der Waals surface area contributed by atoms with Crippen LogP contribution in [0.5, 0.6) is 0 Å². The van der Waals surface area contributed by atoms with Crippen molar-refractivity contribution in [2.24, 2.45) is 0 Å². The van der Waals surface area contributed by atoms with Gasteiger partial charge in [0.15, 0.2) is 5.16 Å². The molecular formula is C18H23N5OS. The van der Waals surface area contributed by atoms with E-state index >= 15 is 0 Å². The summed E-state index contributed by atoms with van der Waals surface area (Å²) in [7, 11) is 0. The molecule has 1 aromatic carbocycles. The number of fused-ring (bicyclic) bond motifs is 1. The maximum atomic E-state index is 12.2. The monoisotopic (exact) mass is 357 g/mol. The molecule has 0 saturated carbocycles. The Kier molecular flexibility index (Phi) is 5.43. The first-order valence-corrected chi connectivity index (χ1v) is 9.48. The first-order valence-electron chi connectivity index (χ1n) is 8.49. The van der Waals surface area contributed by atoms with Crippen LogP contribution in [0.2, 0.25) is 0 Å². The van der Waals surface area contributed by atoms with E-state index in [9.17, 15) is 4.79 Å². The quantitative estimate of drug-likeness (QED) is 0.650. The third-order valence-corrected chi connectivity index (χ3v) is 4.91. The van der Waals surface area contributed by atoms with Gasteiger partial charge in [-0.05, 0) is 44.5 Å². The fraction of sp³-hybridized carbons (Fsp3) is 0.389. The Morgan fingerprint density at radius 2 is 2.16 bits per heavy atom. The van der Waals surface area contributed by atoms with Gasteiger partial charge in [-0.3, -0.25) is 4.79 Å². The summed E-state index contributed by atoms with van der Waals surface area (Å²) in [6.07, 6.45) is 4.88. The molecule has 3 rings (SSSR count). The number of rotatable bonds is 7. The van der Waals surface area contributed by atoms with Gasteiger partial charge >= 0.3 is 0 Å². The van der Waals surface area contributed by atoms with Gasteiger partial charge in [0.1, 0.15) is 6.33 Å². The molecule has 0 spiro atoms. The van der Waals surface area contributed by atoms with Crippen molar-refractivity contribution in [1.29, 1.82) is 0 Å². The van der Waals surface area contributed by atoms with Crippen molar-refractivity contribution in [2.45, 2.75) is 44.9 Å². The summed E-state index contributed by atoms with van der Waals surface area (Å²) in [5, 5.41) is 12.8. The number of hydrogen-bond donors (Lipinski definition) is 1. The van der Waals surface area contributed by atoms with Crippen LogP contribution < -0.4 is 5.32 Å². The minimum absolute atomic E-state index is 0.0457. The molecule has 0 aliphatic heterocycles. The van der Waals surface area contributed by atoms with Crippen molar-refractivity contribution in [3.63, 3.8) is 0 Å². The lowest BCUT2D eigenvalue weighted by molar-refractivity contribution is -0.113. The standard InChI is InChI=1S/C18H23N5OS/c1-4-8-22-9-7-14-10-15(5-6-16(14)22)20-17(24)11-25-18-21-19-12-23(18)13(2)3/h5-7,9-10,12-13H,4,8,11H2,1-3H3,(H,20,24). The molecule has 1 N–H and O–H groups in total. The number of nitrogens with one attached hydrogen (secondary N) is 1. The Labute approximate surface area is 151 Å². The summed E-state index contributed by atoms with van der Waals surface area (Å²) in [6, 6.07) is 8.38. The number of amides is 1. The maximum Gasteiger partial charge on any atom is 0.234 e. The average molecular weight is 357 g/mol. The Balaban J connectivity index is 1.62. The third-order valence-electron chi connectivity index (χ3n) is 3.95. The van der Waals surface area contributed by atoms with Crippen molar-refractivity contribution in [3.8, 4) is 0 Å². The second-order valence-electron chi connectivity index (χ2n) is 6.23. The number of carbonyl (C=O) groups is 1. The highest BCUT2D eigenvalue weighted by molar-refractivity contribution is 7.99. The Morgan fingerprint density at radius 3 is 2.92 bits per heavy atom. The Hall–Kier alpha value is -2.28. The lowest BCUT2D eigenvalue weighted by atomic mass is 10.2. The molecule has 0 bridgehead atoms. The van der Waals surface area contributed by atoms with Crippen LogP contribution in [0.15, 0.2) is 41.9 Å². The molecule has 25 heavy (non-hydrogen) atoms. The molecule has 1 amide bonds. The summed E-state index contributed by atoms with van der Waals surface area (Å²) in [6.45, 7) is 7.29. The van der Waals surface area contributed by atoms with Crippen molar-refractivity contribution >= 4 is 34.3 Å². The van der Waals surface area contributed by atoms with Crippen molar-refractivity contribution in [1.82, 2.24) is 19.3 Å². The topological polar surface area (TPSA) is 64.7 Å². The molecule has 2 aromatic heterocycles. The fourth-order valence-corrected chi connectivity index (χ4v) is 3.57. The third kappa shape index (κ3) is 4.04. The molecule has 3 aromatic rings. The summed E-state index contributed by atoms with van der Waals surface area (Å²) in [4.78, 5) is 12.2. The number of thioether (sulfide) groups is 1. The number of benzene rings is 1. The predicted molar refractivity (Wildman–Crippen MR) is 102 cm³/mol. The van der Waals surface area contributed by atoms with Crippen molar-refractivity contribution in [3.05, 3.63) is 36.8 Å². The normalized spacial score (nSPS) is 11.4. The molecule has 0 atom stereocenters. The van der Waals surface area contributed by atoms with Crippen LogP contribution in [-0.2, 0) is 11.3 Å². The zero-order valence-electron chi connectivity index (χ0n) is 14.8. The summed E-state index contributed by atoms with van der Waals surface area (Å²) >= 11 is 1.40. The van der Waals surface area contributed by atoms with Crippen LogP contribution in [0.3, 0.4) is 0 Å². The van der Waals surface area contributed by atoms with E-state index in [0.29, 0.717) is 5.75 Å². The average Bonchev–Trinajstić information content (AvgIpc) is 3.20. The molecule has 2 heterocycles. The summed E-state index contributed by atoms with van der Waals surface area (Å²) < 4.78 is 4.19. The molecule has 7 heteroatoms. The second kappa shape index (κ2) is 7.74. The smallest absolute Gasteiger partial charge is 0.234 e. The minimum atomic E-state index is -0.0457. The van der Waals surface area contributed by atoms with E-state index in [2.05, 4.69) is 59.2 Å². The molecule has 0 radical (unpaired) electrons. The van der Waals surface area contributed by atoms with Crippen LogP contribution in [0.25, 0.3) is 10.9 Å². The number of aromatic nitrogens is 4. The van der Waals surface area contributed by atoms with Gasteiger partial charge in [-0.25, -0.2) is 0 Å². The van der Waals surface area contributed by atoms with Gasteiger partial charge in [0.25, 0.3) is 0 Å². The van der Waals surface area contributed by atoms with E-state index in [0.717, 1.165) is 29.2 Å². The minimum Gasteiger partial charge on any atom is -0.347 e. The predicted octanol–water partition coefficient (Wildman–Crippen LogP) is 3.95. The van der Waals surface area contributed by atoms with Crippen LogP contribution in [0.1, 0.15) is 33.2 Å². The van der Waals surface area contributed by atoms with Gasteiger partial charge in [0.05, 0.1) is 5.75 Å². The molecule has 0 saturated heterocycles. The molecular weight excluding hydrogens is 334 g/mol. The highest BCUT2D eigenvalue weighted by atomic mass is 32.2. The second-order valence-corrected chi connectivity index (χ2v) is 7.18. The van der Waals surface area contributed by atoms with E-state index < -0.39 is 0 Å². The van der Waals surface area contributed by atoms with E-state index in [1.54, 1.807) is 6.33 Å². The first-order chi connectivity index (χ1) is 12.1. The van der Waals surface area contributed by atoms with E-state index in [4.69, 9.17) is 0 Å². The number of carbonyl (C=O) groups excluding carboxylic acids is 1. The zero-order valence-corrected chi connectivity index (χ0v) is 15.6. The highest BCUT2D eigenvalue weighted by Crippen LogP contribution is 2.22. The number of anilines is 1. The maximum absolute atomic E-state index is 12.2. The number of nitrogens with zero attached hydrogens (tertiary/aromatic N) is 4. The van der Waals surface area contributed by atoms with E-state index in [-0.39, 0.29) is 11.9 Å². The number of hydrogen-bond acceptors (Lipinski definition) is 4. The molecule has 6 nitrogen and oxygen atoms in total. The lowest BCUT2D eigenvalue weighted by Crippen LogP contribution is -2.14. The van der Waals surface area contributed by atoms with Gasteiger partial charge in [-0.1, -0.05) is 18.7 Å². The fourth-order valence-electron chi connectivity index (χ4n) is 2.73. The summed E-state index contributed by atoms with van der Waals surface area (Å²) in [5.74, 6) is 0.260. The molecule has 0 unspecified atom stereocenters. The van der Waals surface area contributed by atoms with Gasteiger partial charge in [0.2, 0.25) is 5.91 Å². The zero-order chi connectivity index (χ0) is 17.8. The summed E-state index contributed by atoms with van der Waals surface area (Å²) in [5.41, 5.74) is 2.01. The molecule has 132 valence electrons. The highest BCUT2D eigenvalue weighted by Gasteiger charge is 2.11. The van der Waals surface area contributed by atoms with Crippen LogP contribution >= 0.6 is 11.8 Å². The van der Waals surface area contributed by atoms with Gasteiger partial charge in [-0.15, -0.1) is 10.2 Å². The molecule has 0 fully saturated rings. The Morgan fingerprint density at radius 1 is 1.32 bits per heavy atom. The van der Waals surface area contributed by atoms with Crippen LogP contribution in [0, 0.1) is 0 Å². The first kappa shape index (κ1) is 17.5. The Bertz CT molecular complexity index is 867. The molecule has 0 aliphatic rings. The van der Waals surface area contributed by atoms with Crippen LogP contribution in [-0.4, -0.2) is 31.0 Å². The van der Waals surface area contributed by atoms with Gasteiger partial charge in [0, 0.05) is 35.4 Å². The lowest BCUT2D eigenvalue weighted by Gasteiger charge is -2.09. The van der Waals surface area contributed by atoms with Crippen molar-refractivity contribution in [2.75, 3.05) is 11.1 Å². The SMILES string of the molecule is CCCn1ccc2cc(NC(=O)CSc3nncn3C(C)C)ccc21. The van der Waals surface area contributed by atoms with E-state index in [1.807, 2.05) is 16.7 Å². The number of aryl methyl sites for hydroxylation is 1. The largest absolute Gasteiger partial charge is 0.347 e. The van der Waals surface area contributed by atoms with Crippen LogP contribution in [0.4, 0.5) is 5.69 Å².